The fourth-order valence-electron chi connectivity index (χ4n) is 2.83. The molecule has 0 amide bonds. The van der Waals surface area contributed by atoms with Crippen LogP contribution in [-0.4, -0.2) is 30.2 Å². The molecule has 134 valence electrons. The van der Waals surface area contributed by atoms with Crippen molar-refractivity contribution in [3.8, 4) is 5.75 Å². The van der Waals surface area contributed by atoms with Gasteiger partial charge in [0.15, 0.2) is 0 Å². The van der Waals surface area contributed by atoms with Gasteiger partial charge in [-0.2, -0.15) is 0 Å². The molecule has 3 aromatic rings. The number of nitrogens with zero attached hydrogens (tertiary/aromatic N) is 1. The average Bonchev–Trinajstić information content (AvgIpc) is 3.06. The molecule has 26 heavy (non-hydrogen) atoms. The van der Waals surface area contributed by atoms with Gasteiger partial charge in [0.2, 0.25) is 5.91 Å². The van der Waals surface area contributed by atoms with E-state index in [0.29, 0.717) is 35.9 Å². The summed E-state index contributed by atoms with van der Waals surface area (Å²) >= 11 is 0. The average molecular weight is 351 g/mol. The minimum Gasteiger partial charge on any atom is -0.494 e. The summed E-state index contributed by atoms with van der Waals surface area (Å²) in [5.41, 5.74) is 2.28. The number of aryl methyl sites for hydroxylation is 1. The number of carbonyl (C=O) groups excluding carboxylic acids is 2. The number of benzene rings is 2. The second kappa shape index (κ2) is 7.87. The molecule has 1 aromatic heterocycles. The Bertz CT molecular complexity index is 925. The number of aromatic nitrogens is 1. The van der Waals surface area contributed by atoms with Crippen molar-refractivity contribution >= 4 is 22.8 Å². The van der Waals surface area contributed by atoms with Crippen molar-refractivity contribution in [2.75, 3.05) is 13.7 Å². The van der Waals surface area contributed by atoms with Crippen LogP contribution in [0.15, 0.2) is 54.7 Å². The maximum atomic E-state index is 12.6. The number of fused-ring (bicyclic) bond motifs is 1. The molecule has 0 aliphatic heterocycles. The van der Waals surface area contributed by atoms with E-state index >= 15 is 0 Å². The molecule has 0 aliphatic carbocycles. The molecule has 0 aliphatic rings. The SMILES string of the molecule is COC(=O)c1cn(C(=O)CCCOc2ccc(C)cc2)c2ccccc12. The molecule has 0 bridgehead atoms. The Morgan fingerprint density at radius 3 is 2.50 bits per heavy atom. The van der Waals surface area contributed by atoms with E-state index in [1.807, 2.05) is 55.5 Å². The molecule has 3 rings (SSSR count). The van der Waals surface area contributed by atoms with Crippen LogP contribution in [0.1, 0.15) is 33.6 Å². The first-order valence-electron chi connectivity index (χ1n) is 8.51. The molecule has 0 saturated heterocycles. The zero-order valence-electron chi connectivity index (χ0n) is 14.9. The first-order valence-corrected chi connectivity index (χ1v) is 8.51. The third-order valence-corrected chi connectivity index (χ3v) is 4.21. The molecule has 0 unspecified atom stereocenters. The summed E-state index contributed by atoms with van der Waals surface area (Å²) in [4.78, 5) is 24.5. The lowest BCUT2D eigenvalue weighted by Gasteiger charge is -2.07. The molecule has 0 atom stereocenters. The number of hydrogen-bond donors (Lipinski definition) is 0. The van der Waals surface area contributed by atoms with Gasteiger partial charge in [-0.1, -0.05) is 35.9 Å². The van der Waals surface area contributed by atoms with Gasteiger partial charge in [-0.05, 0) is 31.5 Å². The van der Waals surface area contributed by atoms with Crippen LogP contribution >= 0.6 is 0 Å². The molecular weight excluding hydrogens is 330 g/mol. The highest BCUT2D eigenvalue weighted by molar-refractivity contribution is 6.07. The Hall–Kier alpha value is -3.08. The van der Waals surface area contributed by atoms with E-state index in [2.05, 4.69) is 0 Å². The van der Waals surface area contributed by atoms with Gasteiger partial charge in [-0.15, -0.1) is 0 Å². The summed E-state index contributed by atoms with van der Waals surface area (Å²) in [7, 11) is 1.33. The molecule has 0 spiro atoms. The van der Waals surface area contributed by atoms with E-state index in [9.17, 15) is 9.59 Å². The Labute approximate surface area is 152 Å². The summed E-state index contributed by atoms with van der Waals surface area (Å²) in [5, 5.41) is 0.712. The minimum atomic E-state index is -0.449. The highest BCUT2D eigenvalue weighted by atomic mass is 16.5. The lowest BCUT2D eigenvalue weighted by Crippen LogP contribution is -2.11. The number of ether oxygens (including phenoxy) is 2. The normalized spacial score (nSPS) is 10.7. The summed E-state index contributed by atoms with van der Waals surface area (Å²) in [6.45, 7) is 2.48. The lowest BCUT2D eigenvalue weighted by atomic mass is 10.2. The van der Waals surface area contributed by atoms with Crippen molar-refractivity contribution in [1.29, 1.82) is 0 Å². The topological polar surface area (TPSA) is 57.5 Å². The van der Waals surface area contributed by atoms with E-state index in [1.54, 1.807) is 6.20 Å². The van der Waals surface area contributed by atoms with Crippen LogP contribution in [0.4, 0.5) is 0 Å². The minimum absolute atomic E-state index is 0.0798. The van der Waals surface area contributed by atoms with Crippen LogP contribution < -0.4 is 4.74 Å². The highest BCUT2D eigenvalue weighted by Crippen LogP contribution is 2.22. The van der Waals surface area contributed by atoms with Gasteiger partial charge in [0.1, 0.15) is 5.75 Å². The standard InChI is InChI=1S/C21H21NO4/c1-15-9-11-16(12-10-15)26-13-5-8-20(23)22-14-18(21(24)25-2)17-6-3-4-7-19(17)22/h3-4,6-7,9-12,14H,5,8,13H2,1-2H3. The number of carbonyl (C=O) groups is 2. The Kier molecular flexibility index (Phi) is 5.37. The smallest absolute Gasteiger partial charge is 0.340 e. The highest BCUT2D eigenvalue weighted by Gasteiger charge is 2.18. The summed E-state index contributed by atoms with van der Waals surface area (Å²) < 4.78 is 12.0. The van der Waals surface area contributed by atoms with Crippen LogP contribution in [0.3, 0.4) is 0 Å². The summed E-state index contributed by atoms with van der Waals surface area (Å²) in [6.07, 6.45) is 2.47. The van der Waals surface area contributed by atoms with Crippen LogP contribution in [0, 0.1) is 6.92 Å². The van der Waals surface area contributed by atoms with Crippen LogP contribution in [0.2, 0.25) is 0 Å². The molecule has 0 saturated carbocycles. The van der Waals surface area contributed by atoms with Gasteiger partial charge < -0.3 is 9.47 Å². The van der Waals surface area contributed by atoms with Crippen molar-refractivity contribution in [1.82, 2.24) is 4.57 Å². The van der Waals surface area contributed by atoms with Gasteiger partial charge >= 0.3 is 5.97 Å². The van der Waals surface area contributed by atoms with E-state index in [0.717, 1.165) is 5.75 Å². The predicted molar refractivity (Wildman–Crippen MR) is 99.8 cm³/mol. The van der Waals surface area contributed by atoms with Gasteiger partial charge in [0.05, 0.1) is 24.8 Å². The van der Waals surface area contributed by atoms with Crippen molar-refractivity contribution in [2.24, 2.45) is 0 Å². The fourth-order valence-corrected chi connectivity index (χ4v) is 2.83. The Balaban J connectivity index is 1.66. The van der Waals surface area contributed by atoms with Crippen molar-refractivity contribution < 1.29 is 19.1 Å². The number of hydrogen-bond acceptors (Lipinski definition) is 4. The van der Waals surface area contributed by atoms with Gasteiger partial charge in [0, 0.05) is 18.0 Å². The predicted octanol–water partition coefficient (Wildman–Crippen LogP) is 4.24. The number of esters is 1. The van der Waals surface area contributed by atoms with E-state index < -0.39 is 5.97 Å². The second-order valence-electron chi connectivity index (χ2n) is 6.08. The van der Waals surface area contributed by atoms with Gasteiger partial charge in [0.25, 0.3) is 0 Å². The Morgan fingerprint density at radius 1 is 1.04 bits per heavy atom. The molecule has 0 radical (unpaired) electrons. The van der Waals surface area contributed by atoms with E-state index in [4.69, 9.17) is 9.47 Å². The molecule has 5 heteroatoms. The van der Waals surface area contributed by atoms with Crippen LogP contribution in [-0.2, 0) is 4.74 Å². The van der Waals surface area contributed by atoms with Gasteiger partial charge in [-0.25, -0.2) is 4.79 Å². The molecule has 2 aromatic carbocycles. The monoisotopic (exact) mass is 351 g/mol. The largest absolute Gasteiger partial charge is 0.494 e. The molecular formula is C21H21NO4. The van der Waals surface area contributed by atoms with Crippen molar-refractivity contribution in [3.63, 3.8) is 0 Å². The van der Waals surface area contributed by atoms with Gasteiger partial charge in [-0.3, -0.25) is 9.36 Å². The lowest BCUT2D eigenvalue weighted by molar-refractivity contribution is 0.0603. The number of para-hydroxylation sites is 1. The second-order valence-corrected chi connectivity index (χ2v) is 6.08. The van der Waals surface area contributed by atoms with Crippen molar-refractivity contribution in [3.05, 3.63) is 65.9 Å². The molecule has 0 N–H and O–H groups in total. The number of rotatable bonds is 6. The quantitative estimate of drug-likeness (QED) is 0.492. The maximum absolute atomic E-state index is 12.6. The van der Waals surface area contributed by atoms with Crippen LogP contribution in [0.5, 0.6) is 5.75 Å². The number of methoxy groups -OCH3 is 1. The zero-order chi connectivity index (χ0) is 18.5. The molecule has 0 fully saturated rings. The third kappa shape index (κ3) is 3.77. The summed E-state index contributed by atoms with van der Waals surface area (Å²) in [6, 6.07) is 15.1. The summed E-state index contributed by atoms with van der Waals surface area (Å²) in [5.74, 6) is 0.266. The van der Waals surface area contributed by atoms with Crippen LogP contribution in [0.25, 0.3) is 10.9 Å². The first-order chi connectivity index (χ1) is 12.6. The third-order valence-electron chi connectivity index (χ3n) is 4.21. The van der Waals surface area contributed by atoms with E-state index in [1.165, 1.54) is 17.2 Å². The first kappa shape index (κ1) is 17.7. The Morgan fingerprint density at radius 2 is 1.77 bits per heavy atom. The van der Waals surface area contributed by atoms with E-state index in [-0.39, 0.29) is 5.91 Å². The fraction of sp³-hybridized carbons (Fsp3) is 0.238. The molecule has 5 nitrogen and oxygen atoms in total. The van der Waals surface area contributed by atoms with Crippen molar-refractivity contribution in [2.45, 2.75) is 19.8 Å². The maximum Gasteiger partial charge on any atom is 0.340 e. The zero-order valence-corrected chi connectivity index (χ0v) is 14.9. The molecule has 1 heterocycles.